The van der Waals surface area contributed by atoms with Crippen LogP contribution in [0.5, 0.6) is 0 Å². The smallest absolute Gasteiger partial charge is 0.244 e. The molecule has 0 spiro atoms. The Bertz CT molecular complexity index is 550. The monoisotopic (exact) mass is 259 g/mol. The zero-order valence-electron chi connectivity index (χ0n) is 10.7. The largest absolute Gasteiger partial charge is 0.326 e. The van der Waals surface area contributed by atoms with Crippen molar-refractivity contribution >= 4 is 17.5 Å². The van der Waals surface area contributed by atoms with Gasteiger partial charge in [0.05, 0.1) is 5.41 Å². The third-order valence-electron chi connectivity index (χ3n) is 4.33. The molecule has 0 atom stereocenters. The molecule has 5 nitrogen and oxygen atoms in total. The van der Waals surface area contributed by atoms with Gasteiger partial charge in [-0.15, -0.1) is 0 Å². The van der Waals surface area contributed by atoms with Crippen LogP contribution in [0.15, 0.2) is 18.2 Å². The molecule has 0 unspecified atom stereocenters. The Labute approximate surface area is 111 Å². The molecule has 0 saturated heterocycles. The van der Waals surface area contributed by atoms with E-state index in [2.05, 4.69) is 10.7 Å². The van der Waals surface area contributed by atoms with Gasteiger partial charge >= 0.3 is 0 Å². The average molecular weight is 259 g/mol. The summed E-state index contributed by atoms with van der Waals surface area (Å²) in [6, 6.07) is 5.87. The summed E-state index contributed by atoms with van der Waals surface area (Å²) in [6.07, 6.45) is 3.95. The molecule has 0 radical (unpaired) electrons. The second-order valence-corrected chi connectivity index (χ2v) is 5.33. The number of carbonyl (C=O) groups excluding carboxylic acids is 2. The molecule has 1 aromatic carbocycles. The number of fused-ring (bicyclic) bond motifs is 1. The van der Waals surface area contributed by atoms with Crippen molar-refractivity contribution in [3.8, 4) is 0 Å². The maximum atomic E-state index is 12.0. The second kappa shape index (κ2) is 4.35. The lowest BCUT2D eigenvalue weighted by Gasteiger charge is -2.40. The van der Waals surface area contributed by atoms with Gasteiger partial charge in [0, 0.05) is 12.1 Å². The molecule has 100 valence electrons. The SMILES string of the molecule is NNC(=O)C1(c2ccc3c(c2)CCC(=O)N3)CCC1. The van der Waals surface area contributed by atoms with E-state index >= 15 is 0 Å². The number of rotatable bonds is 2. The number of amides is 2. The van der Waals surface area contributed by atoms with Crippen molar-refractivity contribution in [2.45, 2.75) is 37.5 Å². The molecule has 3 rings (SSSR count). The first-order valence-corrected chi connectivity index (χ1v) is 6.60. The van der Waals surface area contributed by atoms with E-state index in [0.29, 0.717) is 6.42 Å². The van der Waals surface area contributed by atoms with Crippen LogP contribution in [0.4, 0.5) is 5.69 Å². The lowest BCUT2D eigenvalue weighted by Crippen LogP contribution is -2.51. The Morgan fingerprint density at radius 1 is 1.32 bits per heavy atom. The molecule has 1 aliphatic carbocycles. The molecule has 19 heavy (non-hydrogen) atoms. The van der Waals surface area contributed by atoms with E-state index in [9.17, 15) is 9.59 Å². The Morgan fingerprint density at radius 3 is 2.74 bits per heavy atom. The van der Waals surface area contributed by atoms with E-state index in [0.717, 1.165) is 42.5 Å². The summed E-state index contributed by atoms with van der Waals surface area (Å²) in [6.45, 7) is 0. The van der Waals surface area contributed by atoms with Gasteiger partial charge in [-0.1, -0.05) is 18.6 Å². The fourth-order valence-corrected chi connectivity index (χ4v) is 3.00. The quantitative estimate of drug-likeness (QED) is 0.420. The van der Waals surface area contributed by atoms with Crippen molar-refractivity contribution in [1.82, 2.24) is 5.43 Å². The highest BCUT2D eigenvalue weighted by molar-refractivity contribution is 5.94. The number of nitrogens with one attached hydrogen (secondary N) is 2. The Morgan fingerprint density at radius 2 is 2.11 bits per heavy atom. The van der Waals surface area contributed by atoms with E-state index in [-0.39, 0.29) is 11.8 Å². The number of hydrogen-bond acceptors (Lipinski definition) is 3. The highest BCUT2D eigenvalue weighted by Gasteiger charge is 2.45. The standard InChI is InChI=1S/C14H17N3O2/c15-17-13(19)14(6-1-7-14)10-3-4-11-9(8-10)2-5-12(18)16-11/h3-4,8H,1-2,5-7,15H2,(H,16,18)(H,17,19). The zero-order valence-corrected chi connectivity index (χ0v) is 10.7. The molecule has 2 aliphatic rings. The molecule has 1 saturated carbocycles. The van der Waals surface area contributed by atoms with E-state index in [1.807, 2.05) is 18.2 Å². The summed E-state index contributed by atoms with van der Waals surface area (Å²) < 4.78 is 0. The molecule has 1 heterocycles. The lowest BCUT2D eigenvalue weighted by atomic mass is 9.63. The Kier molecular flexibility index (Phi) is 2.78. The molecule has 0 aromatic heterocycles. The number of benzene rings is 1. The van der Waals surface area contributed by atoms with Crippen molar-refractivity contribution in [2.75, 3.05) is 5.32 Å². The first-order chi connectivity index (χ1) is 9.15. The minimum absolute atomic E-state index is 0.0540. The highest BCUT2D eigenvalue weighted by atomic mass is 16.2. The fraction of sp³-hybridized carbons (Fsp3) is 0.429. The molecule has 1 fully saturated rings. The van der Waals surface area contributed by atoms with E-state index in [1.54, 1.807) is 0 Å². The maximum absolute atomic E-state index is 12.0. The third kappa shape index (κ3) is 1.81. The number of hydrogen-bond donors (Lipinski definition) is 3. The Hall–Kier alpha value is -1.88. The molecule has 4 N–H and O–H groups in total. The number of anilines is 1. The van der Waals surface area contributed by atoms with Crippen molar-refractivity contribution in [2.24, 2.45) is 5.84 Å². The van der Waals surface area contributed by atoms with Gasteiger partial charge in [-0.2, -0.15) is 0 Å². The van der Waals surface area contributed by atoms with Gasteiger partial charge in [-0.25, -0.2) is 5.84 Å². The first-order valence-electron chi connectivity index (χ1n) is 6.60. The fourth-order valence-electron chi connectivity index (χ4n) is 3.00. The number of nitrogens with two attached hydrogens (primary N) is 1. The summed E-state index contributed by atoms with van der Waals surface area (Å²) >= 11 is 0. The number of hydrazine groups is 1. The topological polar surface area (TPSA) is 84.2 Å². The average Bonchev–Trinajstić information content (AvgIpc) is 2.37. The van der Waals surface area contributed by atoms with Crippen LogP contribution >= 0.6 is 0 Å². The number of carbonyl (C=O) groups is 2. The van der Waals surface area contributed by atoms with Gasteiger partial charge in [0.15, 0.2) is 0 Å². The van der Waals surface area contributed by atoms with Crippen LogP contribution in [0.2, 0.25) is 0 Å². The predicted molar refractivity (Wildman–Crippen MR) is 71.3 cm³/mol. The highest BCUT2D eigenvalue weighted by Crippen LogP contribution is 2.45. The molecule has 5 heteroatoms. The van der Waals surface area contributed by atoms with Gasteiger partial charge in [0.2, 0.25) is 11.8 Å². The summed E-state index contributed by atoms with van der Waals surface area (Å²) in [4.78, 5) is 23.4. The minimum Gasteiger partial charge on any atom is -0.326 e. The van der Waals surface area contributed by atoms with Gasteiger partial charge in [-0.05, 0) is 36.5 Å². The van der Waals surface area contributed by atoms with Gasteiger partial charge in [0.25, 0.3) is 0 Å². The molecule has 0 bridgehead atoms. The third-order valence-corrected chi connectivity index (χ3v) is 4.33. The van der Waals surface area contributed by atoms with E-state index < -0.39 is 5.41 Å². The van der Waals surface area contributed by atoms with Crippen LogP contribution in [0.3, 0.4) is 0 Å². The van der Waals surface area contributed by atoms with Crippen LogP contribution < -0.4 is 16.6 Å². The molecular formula is C14H17N3O2. The van der Waals surface area contributed by atoms with Crippen LogP contribution in [0, 0.1) is 0 Å². The lowest BCUT2D eigenvalue weighted by molar-refractivity contribution is -0.130. The van der Waals surface area contributed by atoms with E-state index in [4.69, 9.17) is 5.84 Å². The van der Waals surface area contributed by atoms with Crippen molar-refractivity contribution in [1.29, 1.82) is 0 Å². The maximum Gasteiger partial charge on any atom is 0.244 e. The first kappa shape index (κ1) is 12.2. The van der Waals surface area contributed by atoms with Crippen molar-refractivity contribution in [3.63, 3.8) is 0 Å². The van der Waals surface area contributed by atoms with Crippen LogP contribution in [-0.4, -0.2) is 11.8 Å². The predicted octanol–water partition coefficient (Wildman–Crippen LogP) is 0.983. The number of aryl methyl sites for hydroxylation is 1. The molecule has 1 aliphatic heterocycles. The summed E-state index contributed by atoms with van der Waals surface area (Å²) in [5.41, 5.74) is 4.80. The van der Waals surface area contributed by atoms with Crippen LogP contribution in [0.25, 0.3) is 0 Å². The summed E-state index contributed by atoms with van der Waals surface area (Å²) in [7, 11) is 0. The molecule has 2 amide bonds. The van der Waals surface area contributed by atoms with Gasteiger partial charge in [-0.3, -0.25) is 15.0 Å². The van der Waals surface area contributed by atoms with Gasteiger partial charge in [0.1, 0.15) is 0 Å². The second-order valence-electron chi connectivity index (χ2n) is 5.33. The van der Waals surface area contributed by atoms with Crippen LogP contribution in [-0.2, 0) is 21.4 Å². The molecular weight excluding hydrogens is 242 g/mol. The van der Waals surface area contributed by atoms with Gasteiger partial charge < -0.3 is 5.32 Å². The normalized spacial score (nSPS) is 19.9. The summed E-state index contributed by atoms with van der Waals surface area (Å²) in [5.74, 6) is 5.25. The van der Waals surface area contributed by atoms with Crippen molar-refractivity contribution in [3.05, 3.63) is 29.3 Å². The Balaban J connectivity index is 1.98. The van der Waals surface area contributed by atoms with Crippen LogP contribution in [0.1, 0.15) is 36.8 Å². The molecule has 1 aromatic rings. The minimum atomic E-state index is -0.467. The van der Waals surface area contributed by atoms with E-state index in [1.165, 1.54) is 0 Å². The summed E-state index contributed by atoms with van der Waals surface area (Å²) in [5, 5.41) is 2.85. The zero-order chi connectivity index (χ0) is 13.5. The van der Waals surface area contributed by atoms with Crippen molar-refractivity contribution < 1.29 is 9.59 Å².